The molecule has 0 radical (unpaired) electrons. The molecule has 0 spiro atoms. The first-order valence-corrected chi connectivity index (χ1v) is 21.0. The van der Waals surface area contributed by atoms with E-state index in [-0.39, 0.29) is 13.2 Å². The van der Waals surface area contributed by atoms with Gasteiger partial charge in [-0.1, -0.05) is 29.4 Å². The highest BCUT2D eigenvalue weighted by atomic mass is 31.2. The highest BCUT2D eigenvalue weighted by molar-refractivity contribution is 7.57. The van der Waals surface area contributed by atoms with E-state index in [2.05, 4.69) is 49.3 Å². The molecule has 5 atom stereocenters. The number of rotatable bonds is 13. The number of azide groups is 1. The smallest absolute Gasteiger partial charge is 0.353 e. The number of hydrogen-bond acceptors (Lipinski definition) is 8. The lowest BCUT2D eigenvalue weighted by Crippen LogP contribution is -2.63. The van der Waals surface area contributed by atoms with Crippen molar-refractivity contribution in [1.82, 2.24) is 0 Å². The first kappa shape index (κ1) is 31.9. The van der Waals surface area contributed by atoms with Crippen molar-refractivity contribution in [1.29, 1.82) is 0 Å². The van der Waals surface area contributed by atoms with E-state index in [1.807, 2.05) is 12.1 Å². The number of benzene rings is 1. The van der Waals surface area contributed by atoms with Crippen molar-refractivity contribution in [3.63, 3.8) is 0 Å². The Morgan fingerprint density at radius 3 is 2.05 bits per heavy atom. The van der Waals surface area contributed by atoms with Gasteiger partial charge in [-0.15, -0.1) is 0 Å². The molecule has 2 rings (SSSR count). The maximum Gasteiger partial charge on any atom is 0.353 e. The van der Waals surface area contributed by atoms with Gasteiger partial charge in [-0.25, -0.2) is 0 Å². The van der Waals surface area contributed by atoms with Gasteiger partial charge in [0.1, 0.15) is 18.3 Å². The van der Waals surface area contributed by atoms with E-state index < -0.39 is 54.8 Å². The summed E-state index contributed by atoms with van der Waals surface area (Å²) >= 11 is 0. The van der Waals surface area contributed by atoms with Crippen LogP contribution < -0.4 is 0 Å². The van der Waals surface area contributed by atoms with E-state index in [1.165, 1.54) is 5.82 Å². The lowest BCUT2D eigenvalue weighted by atomic mass is 9.91. The van der Waals surface area contributed by atoms with Gasteiger partial charge in [-0.05, 0) is 70.3 Å². The zero-order valence-electron chi connectivity index (χ0n) is 23.2. The Hall–Kier alpha value is -1.31. The van der Waals surface area contributed by atoms with E-state index in [1.54, 1.807) is 32.1 Å². The molecule has 37 heavy (non-hydrogen) atoms. The van der Waals surface area contributed by atoms with Gasteiger partial charge in [0, 0.05) is 22.8 Å². The van der Waals surface area contributed by atoms with Crippen molar-refractivity contribution in [2.45, 2.75) is 90.1 Å². The summed E-state index contributed by atoms with van der Waals surface area (Å²) < 4.78 is 43.3. The second kappa shape index (κ2) is 13.7. The van der Waals surface area contributed by atoms with Gasteiger partial charge in [0.2, 0.25) is 0 Å². The Balaban J connectivity index is 2.48. The summed E-state index contributed by atoms with van der Waals surface area (Å²) in [6.45, 7) is 16.4. The molecule has 0 saturated carbocycles. The highest BCUT2D eigenvalue weighted by Gasteiger charge is 2.48. The maximum absolute atomic E-state index is 13.0. The number of aliphatic hydroxyl groups excluding tert-OH is 1. The van der Waals surface area contributed by atoms with Crippen molar-refractivity contribution < 1.29 is 32.3 Å². The number of ether oxygens (including phenoxy) is 1. The second-order valence-electron chi connectivity index (χ2n) is 10.8. The van der Waals surface area contributed by atoms with Crippen LogP contribution in [0.5, 0.6) is 0 Å². The fourth-order valence-electron chi connectivity index (χ4n) is 4.03. The summed E-state index contributed by atoms with van der Waals surface area (Å²) in [5.41, 5.74) is 10.2. The van der Waals surface area contributed by atoms with Crippen molar-refractivity contribution in [3.8, 4) is 0 Å². The van der Waals surface area contributed by atoms with Crippen molar-refractivity contribution in [2.24, 2.45) is 5.11 Å². The molecule has 2 unspecified atom stereocenters. The Labute approximate surface area is 222 Å². The lowest BCUT2D eigenvalue weighted by Gasteiger charge is -2.48. The minimum Gasteiger partial charge on any atom is -0.409 e. The number of aliphatic hydroxyl groups is 1. The van der Waals surface area contributed by atoms with Crippen LogP contribution in [0.3, 0.4) is 0 Å². The van der Waals surface area contributed by atoms with Gasteiger partial charge in [0.05, 0.1) is 25.4 Å². The van der Waals surface area contributed by atoms with Crippen LogP contribution in [0.25, 0.3) is 10.4 Å². The largest absolute Gasteiger partial charge is 0.409 e. The normalized spacial score (nSPS) is 25.3. The topological polar surface area (TPSA) is 132 Å². The Kier molecular flexibility index (Phi) is 11.8. The summed E-state index contributed by atoms with van der Waals surface area (Å²) in [7, 11) is -7.67. The summed E-state index contributed by atoms with van der Waals surface area (Å²) in [4.78, 5) is 2.83. The molecule has 1 aliphatic rings. The molecule has 0 amide bonds. The van der Waals surface area contributed by atoms with Gasteiger partial charge in [-0.3, -0.25) is 4.57 Å². The average molecular weight is 572 g/mol. The van der Waals surface area contributed by atoms with E-state index in [4.69, 9.17) is 28.2 Å². The first-order valence-electron chi connectivity index (χ1n) is 12.6. The standard InChI is InChI=1S/C24H42N3O7PSi2/c1-9-30-35(29,31-10-2)16-15-20-22(28)24(34-37(6,7)8)23(33-36(3,4)5)21(32-20)17-18-11-13-19(14-12-18)26-27-25/h11-16,20-24,28H,9-10,17H2,1-8H3/b16-15+/t20-,21-,22-,23?,24?/m1/s1. The quantitative estimate of drug-likeness (QED) is 0.0937. The molecule has 13 heteroatoms. The Morgan fingerprint density at radius 2 is 1.57 bits per heavy atom. The Morgan fingerprint density at radius 1 is 1.03 bits per heavy atom. The fraction of sp³-hybridized carbons (Fsp3) is 0.667. The van der Waals surface area contributed by atoms with Crippen LogP contribution in [0.1, 0.15) is 19.4 Å². The zero-order valence-corrected chi connectivity index (χ0v) is 26.1. The molecule has 1 N–H and O–H groups in total. The van der Waals surface area contributed by atoms with Crippen molar-refractivity contribution in [2.75, 3.05) is 13.2 Å². The van der Waals surface area contributed by atoms with Crippen LogP contribution in [0.15, 0.2) is 41.3 Å². The van der Waals surface area contributed by atoms with Crippen LogP contribution in [0.4, 0.5) is 5.69 Å². The van der Waals surface area contributed by atoms with Gasteiger partial charge >= 0.3 is 7.60 Å². The minimum atomic E-state index is -3.49. The molecule has 1 aromatic carbocycles. The molecule has 1 saturated heterocycles. The van der Waals surface area contributed by atoms with Crippen LogP contribution in [0, 0.1) is 0 Å². The average Bonchev–Trinajstić information content (AvgIpc) is 2.77. The zero-order chi connectivity index (χ0) is 27.9. The summed E-state index contributed by atoms with van der Waals surface area (Å²) in [6.07, 6.45) is -1.46. The van der Waals surface area contributed by atoms with E-state index >= 15 is 0 Å². The van der Waals surface area contributed by atoms with Crippen LogP contribution >= 0.6 is 7.60 Å². The third-order valence-corrected chi connectivity index (χ3v) is 9.02. The SMILES string of the molecule is CCOP(=O)(/C=C/[C@H]1O[C@H](Cc2ccc(N=[N+]=[N-])cc2)C(O[Si](C)(C)C)C(O[Si](C)(C)C)[C@@H]1O)OCC. The third-order valence-electron chi connectivity index (χ3n) is 5.28. The predicted octanol–water partition coefficient (Wildman–Crippen LogP) is 6.52. The van der Waals surface area contributed by atoms with Gasteiger partial charge in [-0.2, -0.15) is 0 Å². The van der Waals surface area contributed by atoms with Gasteiger partial charge in [0.15, 0.2) is 16.6 Å². The van der Waals surface area contributed by atoms with E-state index in [0.29, 0.717) is 12.1 Å². The molecule has 0 aromatic heterocycles. The third kappa shape index (κ3) is 10.4. The molecule has 0 aliphatic carbocycles. The maximum atomic E-state index is 13.0. The molecule has 1 fully saturated rings. The molecule has 0 bridgehead atoms. The number of nitrogens with zero attached hydrogens (tertiary/aromatic N) is 3. The van der Waals surface area contributed by atoms with E-state index in [0.717, 1.165) is 5.56 Å². The monoisotopic (exact) mass is 571 g/mol. The summed E-state index contributed by atoms with van der Waals surface area (Å²) in [6, 6.07) is 7.24. The van der Waals surface area contributed by atoms with Crippen molar-refractivity contribution >= 4 is 29.9 Å². The molecule has 1 heterocycles. The molecular formula is C24H42N3O7PSi2. The van der Waals surface area contributed by atoms with Gasteiger partial charge in [0.25, 0.3) is 0 Å². The second-order valence-corrected chi connectivity index (χ2v) is 21.6. The highest BCUT2D eigenvalue weighted by Crippen LogP contribution is 2.50. The van der Waals surface area contributed by atoms with Crippen LogP contribution in [-0.2, 0) is 33.6 Å². The molecular weight excluding hydrogens is 529 g/mol. The Bertz CT molecular complexity index is 982. The minimum absolute atomic E-state index is 0.220. The summed E-state index contributed by atoms with van der Waals surface area (Å²) in [5.74, 6) is 1.37. The molecule has 1 aromatic rings. The molecule has 1 aliphatic heterocycles. The summed E-state index contributed by atoms with van der Waals surface area (Å²) in [5, 5.41) is 15.1. The van der Waals surface area contributed by atoms with Crippen LogP contribution in [0.2, 0.25) is 39.3 Å². The fourth-order valence-corrected chi connectivity index (χ4v) is 7.57. The predicted molar refractivity (Wildman–Crippen MR) is 150 cm³/mol. The first-order chi connectivity index (χ1) is 17.2. The van der Waals surface area contributed by atoms with E-state index in [9.17, 15) is 9.67 Å². The van der Waals surface area contributed by atoms with Crippen molar-refractivity contribution in [3.05, 3.63) is 52.2 Å². The number of hydrogen-bond donors (Lipinski definition) is 1. The molecule has 208 valence electrons. The lowest BCUT2D eigenvalue weighted by molar-refractivity contribution is -0.198. The molecule has 10 nitrogen and oxygen atoms in total. The van der Waals surface area contributed by atoms with Crippen LogP contribution in [-0.4, -0.2) is 65.5 Å². The van der Waals surface area contributed by atoms with Gasteiger partial charge < -0.3 is 27.7 Å².